The molecule has 0 fully saturated rings. The fourth-order valence-electron chi connectivity index (χ4n) is 1.61. The highest BCUT2D eigenvalue weighted by molar-refractivity contribution is 7.98. The van der Waals surface area contributed by atoms with Crippen LogP contribution in [0.3, 0.4) is 0 Å². The molecule has 0 saturated carbocycles. The average molecular weight is 290 g/mol. The number of thioether (sulfide) groups is 1. The monoisotopic (exact) mass is 290 g/mol. The van der Waals surface area contributed by atoms with Crippen LogP contribution in [0.15, 0.2) is 23.1 Å². The zero-order chi connectivity index (χ0) is 14.7. The molecule has 0 spiro atoms. The molecule has 1 aromatic carbocycles. The molecule has 2 aromatic rings. The number of rotatable bonds is 4. The Kier molecular flexibility index (Phi) is 4.29. The molecule has 20 heavy (non-hydrogen) atoms. The van der Waals surface area contributed by atoms with E-state index in [1.807, 2.05) is 39.2 Å². The zero-order valence-corrected chi connectivity index (χ0v) is 12.6. The molecule has 2 rings (SSSR count). The number of nitrogen functional groups attached to an aromatic ring is 2. The van der Waals surface area contributed by atoms with E-state index < -0.39 is 0 Å². The quantitative estimate of drug-likeness (QED) is 0.653. The van der Waals surface area contributed by atoms with E-state index in [4.69, 9.17) is 11.5 Å². The highest BCUT2D eigenvalue weighted by Crippen LogP contribution is 2.29. The number of aromatic nitrogens is 3. The van der Waals surface area contributed by atoms with Gasteiger partial charge >= 0.3 is 0 Å². The predicted molar refractivity (Wildman–Crippen MR) is 83.7 cm³/mol. The molecule has 4 N–H and O–H groups in total. The number of hydrogen-bond donors (Lipinski definition) is 2. The number of nitrogens with two attached hydrogens (primary N) is 2. The molecule has 0 unspecified atom stereocenters. The Morgan fingerprint density at radius 2 is 1.90 bits per heavy atom. The standard InChI is InChI=1S/C13H18N6S/c1-8-5-4-6-9(11(8)14)20-7-10-16-12(15)18-13(17-10)19(2)3/h4-6H,7,14H2,1-3H3,(H2,15,16,17,18). The lowest BCUT2D eigenvalue weighted by molar-refractivity contribution is 0.919. The zero-order valence-electron chi connectivity index (χ0n) is 11.8. The number of aryl methyl sites for hydroxylation is 1. The highest BCUT2D eigenvalue weighted by Gasteiger charge is 2.08. The Morgan fingerprint density at radius 1 is 1.15 bits per heavy atom. The van der Waals surface area contributed by atoms with E-state index in [2.05, 4.69) is 15.0 Å². The molecule has 6 nitrogen and oxygen atoms in total. The Bertz CT molecular complexity index is 614. The number of hydrogen-bond acceptors (Lipinski definition) is 7. The first-order chi connectivity index (χ1) is 9.47. The Hall–Kier alpha value is -2.02. The first-order valence-corrected chi connectivity index (χ1v) is 7.11. The summed E-state index contributed by atoms with van der Waals surface area (Å²) in [4.78, 5) is 15.4. The van der Waals surface area contributed by atoms with Crippen molar-refractivity contribution in [1.29, 1.82) is 0 Å². The van der Waals surface area contributed by atoms with Gasteiger partial charge in [-0.25, -0.2) is 0 Å². The molecule has 0 aliphatic heterocycles. The summed E-state index contributed by atoms with van der Waals surface area (Å²) in [6.45, 7) is 1.99. The molecule has 0 bridgehead atoms. The van der Waals surface area contributed by atoms with E-state index >= 15 is 0 Å². The van der Waals surface area contributed by atoms with Gasteiger partial charge in [0.2, 0.25) is 11.9 Å². The van der Waals surface area contributed by atoms with E-state index in [0.717, 1.165) is 16.1 Å². The minimum atomic E-state index is 0.233. The van der Waals surface area contributed by atoms with Crippen LogP contribution in [0.4, 0.5) is 17.6 Å². The van der Waals surface area contributed by atoms with Crippen LogP contribution >= 0.6 is 11.8 Å². The van der Waals surface area contributed by atoms with Crippen LogP contribution in [-0.4, -0.2) is 29.0 Å². The molecule has 1 aromatic heterocycles. The van der Waals surface area contributed by atoms with Gasteiger partial charge in [0.1, 0.15) is 5.82 Å². The van der Waals surface area contributed by atoms with Gasteiger partial charge in [0, 0.05) is 24.7 Å². The lowest BCUT2D eigenvalue weighted by Crippen LogP contribution is -2.15. The van der Waals surface area contributed by atoms with Gasteiger partial charge in [0.05, 0.1) is 5.75 Å². The van der Waals surface area contributed by atoms with E-state index in [-0.39, 0.29) is 5.95 Å². The maximum Gasteiger partial charge on any atom is 0.229 e. The summed E-state index contributed by atoms with van der Waals surface area (Å²) in [6, 6.07) is 5.97. The molecule has 106 valence electrons. The summed E-state index contributed by atoms with van der Waals surface area (Å²) < 4.78 is 0. The first kappa shape index (κ1) is 14.4. The van der Waals surface area contributed by atoms with E-state index in [1.54, 1.807) is 16.7 Å². The fraction of sp³-hybridized carbons (Fsp3) is 0.308. The minimum absolute atomic E-state index is 0.233. The van der Waals surface area contributed by atoms with E-state index in [0.29, 0.717) is 17.5 Å². The average Bonchev–Trinajstić information content (AvgIpc) is 2.40. The Labute approximate surface area is 122 Å². The van der Waals surface area contributed by atoms with Gasteiger partial charge in [-0.1, -0.05) is 12.1 Å². The predicted octanol–water partition coefficient (Wildman–Crippen LogP) is 1.70. The number of nitrogens with zero attached hydrogens (tertiary/aromatic N) is 4. The van der Waals surface area contributed by atoms with Gasteiger partial charge in [-0.05, 0) is 18.6 Å². The summed E-state index contributed by atoms with van der Waals surface area (Å²) in [6.07, 6.45) is 0. The normalized spacial score (nSPS) is 10.6. The van der Waals surface area contributed by atoms with Gasteiger partial charge in [-0.15, -0.1) is 11.8 Å². The van der Waals surface area contributed by atoms with Crippen LogP contribution in [-0.2, 0) is 5.75 Å². The van der Waals surface area contributed by atoms with Gasteiger partial charge < -0.3 is 16.4 Å². The molecule has 0 aliphatic carbocycles. The number of anilines is 3. The second-order valence-electron chi connectivity index (χ2n) is 4.58. The molecule has 0 radical (unpaired) electrons. The summed E-state index contributed by atoms with van der Waals surface area (Å²) >= 11 is 1.59. The number of benzene rings is 1. The maximum atomic E-state index is 6.05. The van der Waals surface area contributed by atoms with Crippen molar-refractivity contribution in [2.75, 3.05) is 30.5 Å². The van der Waals surface area contributed by atoms with Crippen molar-refractivity contribution in [3.63, 3.8) is 0 Å². The molecule has 0 saturated heterocycles. The summed E-state index contributed by atoms with van der Waals surface area (Å²) in [7, 11) is 3.73. The molecule has 0 atom stereocenters. The molecular weight excluding hydrogens is 272 g/mol. The van der Waals surface area contributed by atoms with Crippen LogP contribution < -0.4 is 16.4 Å². The third-order valence-corrected chi connectivity index (χ3v) is 3.80. The SMILES string of the molecule is Cc1cccc(SCc2nc(N)nc(N(C)C)n2)c1N. The lowest BCUT2D eigenvalue weighted by Gasteiger charge is -2.12. The lowest BCUT2D eigenvalue weighted by atomic mass is 10.2. The van der Waals surface area contributed by atoms with Crippen LogP contribution in [0.1, 0.15) is 11.4 Å². The van der Waals surface area contributed by atoms with Crippen molar-refractivity contribution in [2.24, 2.45) is 0 Å². The second-order valence-corrected chi connectivity index (χ2v) is 5.60. The smallest absolute Gasteiger partial charge is 0.229 e. The highest BCUT2D eigenvalue weighted by atomic mass is 32.2. The third kappa shape index (κ3) is 3.30. The third-order valence-electron chi connectivity index (χ3n) is 2.73. The molecular formula is C13H18N6S. The molecule has 7 heteroatoms. The molecule has 0 amide bonds. The maximum absolute atomic E-state index is 6.05. The van der Waals surface area contributed by atoms with Crippen LogP contribution in [0.5, 0.6) is 0 Å². The minimum Gasteiger partial charge on any atom is -0.398 e. The second kappa shape index (κ2) is 5.96. The van der Waals surface area contributed by atoms with Gasteiger partial charge in [0.15, 0.2) is 0 Å². The van der Waals surface area contributed by atoms with Crippen LogP contribution in [0.25, 0.3) is 0 Å². The topological polar surface area (TPSA) is 94.0 Å². The summed E-state index contributed by atoms with van der Waals surface area (Å²) in [5.74, 6) is 2.04. The van der Waals surface area contributed by atoms with E-state index in [1.165, 1.54) is 0 Å². The van der Waals surface area contributed by atoms with Gasteiger partial charge in [-0.2, -0.15) is 15.0 Å². The van der Waals surface area contributed by atoms with Crippen LogP contribution in [0.2, 0.25) is 0 Å². The van der Waals surface area contributed by atoms with Crippen molar-refractivity contribution >= 4 is 29.3 Å². The van der Waals surface area contributed by atoms with Crippen molar-refractivity contribution in [1.82, 2.24) is 15.0 Å². The Morgan fingerprint density at radius 3 is 2.60 bits per heavy atom. The molecule has 1 heterocycles. The Balaban J connectivity index is 2.16. The summed E-state index contributed by atoms with van der Waals surface area (Å²) in [5, 5.41) is 0. The first-order valence-electron chi connectivity index (χ1n) is 6.13. The van der Waals surface area contributed by atoms with E-state index in [9.17, 15) is 0 Å². The summed E-state index contributed by atoms with van der Waals surface area (Å²) in [5.41, 5.74) is 13.6. The van der Waals surface area contributed by atoms with Gasteiger partial charge in [-0.3, -0.25) is 0 Å². The largest absolute Gasteiger partial charge is 0.398 e. The van der Waals surface area contributed by atoms with Gasteiger partial charge in [0.25, 0.3) is 0 Å². The number of para-hydroxylation sites is 1. The van der Waals surface area contributed by atoms with Crippen LogP contribution in [0, 0.1) is 6.92 Å². The van der Waals surface area contributed by atoms with Crippen molar-refractivity contribution in [2.45, 2.75) is 17.6 Å². The van der Waals surface area contributed by atoms with Crippen molar-refractivity contribution < 1.29 is 0 Å². The van der Waals surface area contributed by atoms with Crippen molar-refractivity contribution in [3.8, 4) is 0 Å². The fourth-order valence-corrected chi connectivity index (χ4v) is 2.52. The van der Waals surface area contributed by atoms with Crippen molar-refractivity contribution in [3.05, 3.63) is 29.6 Å². The molecule has 0 aliphatic rings.